The standard InChI is InChI=1S/2C10H15.C2H7Si.2ClH.Zr/c2*1-3-4-5-10-7-6-9(2)8-10;1-3-2;;;/h2*6-8H,3-5H2,1-2H3;3H,1-2H3;2*1H;/q2*-1;;;;+4/p-2. The Labute approximate surface area is 184 Å². The molecule has 26 heavy (non-hydrogen) atoms. The van der Waals surface area contributed by atoms with E-state index in [9.17, 15) is 0 Å². The van der Waals surface area contributed by atoms with Crippen LogP contribution in [0.1, 0.15) is 61.8 Å². The van der Waals surface area contributed by atoms with E-state index in [4.69, 9.17) is 17.0 Å². The van der Waals surface area contributed by atoms with Gasteiger partial charge in [0.05, 0.1) is 0 Å². The van der Waals surface area contributed by atoms with Crippen molar-refractivity contribution in [1.82, 2.24) is 0 Å². The van der Waals surface area contributed by atoms with Gasteiger partial charge >= 0.3 is 37.9 Å². The number of rotatable bonds is 6. The summed E-state index contributed by atoms with van der Waals surface area (Å²) in [5.74, 6) is 0. The van der Waals surface area contributed by atoms with E-state index in [-0.39, 0.29) is 0 Å². The van der Waals surface area contributed by atoms with E-state index in [2.05, 4.69) is 77.2 Å². The Morgan fingerprint density at radius 3 is 1.35 bits per heavy atom. The van der Waals surface area contributed by atoms with Crippen LogP contribution in [0.2, 0.25) is 13.1 Å². The average Bonchev–Trinajstić information content (AvgIpc) is 3.21. The van der Waals surface area contributed by atoms with Crippen molar-refractivity contribution in [2.75, 3.05) is 0 Å². The van der Waals surface area contributed by atoms with Gasteiger partial charge in [0.1, 0.15) is 0 Å². The van der Waals surface area contributed by atoms with Crippen molar-refractivity contribution in [1.29, 1.82) is 0 Å². The van der Waals surface area contributed by atoms with Crippen molar-refractivity contribution in [3.63, 3.8) is 0 Å². The van der Waals surface area contributed by atoms with E-state index in [0.29, 0.717) is 0 Å². The summed E-state index contributed by atoms with van der Waals surface area (Å²) in [6.07, 6.45) is 7.75. The summed E-state index contributed by atoms with van der Waals surface area (Å²) in [5.41, 5.74) is 5.79. The molecule has 0 atom stereocenters. The third-order valence-electron chi connectivity index (χ3n) is 3.58. The van der Waals surface area contributed by atoms with Gasteiger partial charge in [-0.3, -0.25) is 0 Å². The van der Waals surface area contributed by atoms with Gasteiger partial charge in [0, 0.05) is 9.52 Å². The Morgan fingerprint density at radius 1 is 0.846 bits per heavy atom. The molecule has 0 aliphatic carbocycles. The topological polar surface area (TPSA) is 0 Å². The maximum absolute atomic E-state index is 4.93. The number of halogens is 2. The molecule has 147 valence electrons. The van der Waals surface area contributed by atoms with Gasteiger partial charge in [-0.2, -0.15) is 35.4 Å². The molecule has 2 aromatic carbocycles. The first kappa shape index (κ1) is 28.6. The second-order valence-electron chi connectivity index (χ2n) is 6.45. The van der Waals surface area contributed by atoms with Gasteiger partial charge in [-0.15, -0.1) is 0 Å². The molecule has 4 heteroatoms. The maximum atomic E-state index is 4.93. The van der Waals surface area contributed by atoms with Crippen molar-refractivity contribution in [3.05, 3.63) is 58.7 Å². The van der Waals surface area contributed by atoms with Crippen LogP contribution in [0.5, 0.6) is 0 Å². The predicted molar refractivity (Wildman–Crippen MR) is 121 cm³/mol. The van der Waals surface area contributed by atoms with Gasteiger partial charge in [-0.1, -0.05) is 79.3 Å². The summed E-state index contributed by atoms with van der Waals surface area (Å²) in [6, 6.07) is 13.4. The van der Waals surface area contributed by atoms with E-state index in [1.165, 1.54) is 60.8 Å². The first-order valence-electron chi connectivity index (χ1n) is 9.63. The molecule has 0 saturated carbocycles. The number of hydrogen-bond donors (Lipinski definition) is 0. The minimum absolute atomic E-state index is 0.750. The van der Waals surface area contributed by atoms with Crippen molar-refractivity contribution in [2.24, 2.45) is 0 Å². The molecule has 2 rings (SSSR count). The Kier molecular flexibility index (Phi) is 23.8. The Bertz CT molecular complexity index is 459. The summed E-state index contributed by atoms with van der Waals surface area (Å²) in [6.45, 7) is 13.2. The zero-order valence-corrected chi connectivity index (χ0v) is 22.7. The number of hydrogen-bond acceptors (Lipinski definition) is 0. The summed E-state index contributed by atoms with van der Waals surface area (Å²) in [5, 5.41) is 0. The van der Waals surface area contributed by atoms with E-state index in [0.717, 1.165) is 9.52 Å². The van der Waals surface area contributed by atoms with Crippen molar-refractivity contribution >= 4 is 26.5 Å². The number of aryl methyl sites for hydroxylation is 4. The van der Waals surface area contributed by atoms with Crippen LogP contribution in [0, 0.1) is 13.8 Å². The Morgan fingerprint density at radius 2 is 1.15 bits per heavy atom. The fraction of sp³-hybridized carbons (Fsp3) is 0.545. The Hall–Kier alpha value is 0.380. The van der Waals surface area contributed by atoms with Gasteiger partial charge < -0.3 is 0 Å². The molecule has 0 amide bonds. The molecule has 0 aliphatic rings. The van der Waals surface area contributed by atoms with Crippen molar-refractivity contribution in [2.45, 2.75) is 79.3 Å². The summed E-state index contributed by atoms with van der Waals surface area (Å²) in [7, 11) is 10.6. The Balaban J connectivity index is 0. The number of unbranched alkanes of at least 4 members (excludes halogenated alkanes) is 2. The molecule has 0 unspecified atom stereocenters. The van der Waals surface area contributed by atoms with Crippen LogP contribution in [-0.4, -0.2) is 9.52 Å². The van der Waals surface area contributed by atoms with Crippen LogP contribution >= 0.6 is 17.0 Å². The summed E-state index contributed by atoms with van der Waals surface area (Å²) in [4.78, 5) is 0. The molecular formula is C22H37Cl2SiZr. The van der Waals surface area contributed by atoms with Crippen LogP contribution in [0.3, 0.4) is 0 Å². The summed E-state index contributed by atoms with van der Waals surface area (Å²) >= 11 is -0.826. The molecule has 1 radical (unpaired) electrons. The molecule has 0 fully saturated rings. The monoisotopic (exact) mass is 489 g/mol. The van der Waals surface area contributed by atoms with E-state index in [1.807, 2.05) is 0 Å². The van der Waals surface area contributed by atoms with Gasteiger partial charge in [0.2, 0.25) is 0 Å². The summed E-state index contributed by atoms with van der Waals surface area (Å²) < 4.78 is 0. The van der Waals surface area contributed by atoms with Gasteiger partial charge in [0.15, 0.2) is 0 Å². The normalized spacial score (nSPS) is 8.92. The molecule has 0 heterocycles. The van der Waals surface area contributed by atoms with Gasteiger partial charge in [-0.25, -0.2) is 23.3 Å². The fourth-order valence-electron chi connectivity index (χ4n) is 2.33. The molecule has 0 saturated heterocycles. The van der Waals surface area contributed by atoms with Crippen LogP contribution in [0.15, 0.2) is 36.4 Å². The second kappa shape index (κ2) is 21.7. The minimum atomic E-state index is -0.826. The first-order chi connectivity index (χ1) is 12.5. The van der Waals surface area contributed by atoms with Gasteiger partial charge in [0.25, 0.3) is 0 Å². The fourth-order valence-corrected chi connectivity index (χ4v) is 2.33. The van der Waals surface area contributed by atoms with Gasteiger partial charge in [-0.05, 0) is 0 Å². The van der Waals surface area contributed by atoms with Crippen LogP contribution in [0.4, 0.5) is 0 Å². The second-order valence-corrected chi connectivity index (χ2v) is 11.3. The van der Waals surface area contributed by atoms with E-state index >= 15 is 0 Å². The van der Waals surface area contributed by atoms with Crippen molar-refractivity contribution < 1.29 is 20.8 Å². The SMILES string of the molecule is CCCCc1cc(C)c[cH-]1.CCCCc1cc(C)c[cH-]1.C[SiH]C.[Cl][Zr+2][Cl]. The van der Waals surface area contributed by atoms with Crippen molar-refractivity contribution in [3.8, 4) is 0 Å². The molecule has 0 aliphatic heterocycles. The third kappa shape index (κ3) is 19.2. The first-order valence-corrected chi connectivity index (χ1v) is 18.3. The molecule has 0 nitrogen and oxygen atoms in total. The van der Waals surface area contributed by atoms with E-state index in [1.54, 1.807) is 0 Å². The zero-order valence-electron chi connectivity index (χ0n) is 17.5. The predicted octanol–water partition coefficient (Wildman–Crippen LogP) is 8.01. The quantitative estimate of drug-likeness (QED) is 0.284. The molecule has 0 aromatic heterocycles. The van der Waals surface area contributed by atoms with E-state index < -0.39 is 20.8 Å². The van der Waals surface area contributed by atoms with Crippen LogP contribution < -0.4 is 0 Å². The third-order valence-corrected chi connectivity index (χ3v) is 3.58. The molecular weight excluding hydrogens is 454 g/mol. The zero-order chi connectivity index (χ0) is 20.2. The van der Waals surface area contributed by atoms with Crippen LogP contribution in [-0.2, 0) is 33.7 Å². The van der Waals surface area contributed by atoms with Crippen LogP contribution in [0.25, 0.3) is 0 Å². The average molecular weight is 492 g/mol. The molecule has 0 N–H and O–H groups in total. The molecule has 0 spiro atoms. The molecule has 2 aromatic rings. The molecule has 0 bridgehead atoms.